The van der Waals surface area contributed by atoms with Crippen molar-refractivity contribution in [3.05, 3.63) is 53.6 Å². The number of ether oxygens (including phenoxy) is 1. The van der Waals surface area contributed by atoms with Crippen LogP contribution >= 0.6 is 0 Å². The summed E-state index contributed by atoms with van der Waals surface area (Å²) >= 11 is 0. The SMILES string of the molecule is O=C(CCc1nnc2ccc(N3CCOCC3)nn12)NCc1ccc(F)cc1. The maximum Gasteiger partial charge on any atom is 0.220 e. The predicted octanol–water partition coefficient (Wildman–Crippen LogP) is 1.35. The van der Waals surface area contributed by atoms with Crippen LogP contribution in [-0.4, -0.2) is 52.0 Å². The molecule has 3 heterocycles. The first-order valence-electron chi connectivity index (χ1n) is 9.24. The molecule has 28 heavy (non-hydrogen) atoms. The second-order valence-electron chi connectivity index (χ2n) is 6.58. The lowest BCUT2D eigenvalue weighted by atomic mass is 10.2. The second kappa shape index (κ2) is 8.30. The first kappa shape index (κ1) is 18.3. The average molecular weight is 384 g/mol. The van der Waals surface area contributed by atoms with Gasteiger partial charge in [-0.25, -0.2) is 4.39 Å². The van der Waals surface area contributed by atoms with Crippen LogP contribution in [0.2, 0.25) is 0 Å². The van der Waals surface area contributed by atoms with Crippen LogP contribution in [0.25, 0.3) is 5.65 Å². The van der Waals surface area contributed by atoms with Crippen LogP contribution in [0.15, 0.2) is 36.4 Å². The van der Waals surface area contributed by atoms with Crippen molar-refractivity contribution in [3.63, 3.8) is 0 Å². The molecule has 0 bridgehead atoms. The van der Waals surface area contributed by atoms with Crippen molar-refractivity contribution in [1.29, 1.82) is 0 Å². The van der Waals surface area contributed by atoms with E-state index in [2.05, 4.69) is 25.5 Å². The molecule has 1 aliphatic rings. The number of hydrogen-bond acceptors (Lipinski definition) is 6. The van der Waals surface area contributed by atoms with Crippen LogP contribution in [0.1, 0.15) is 17.8 Å². The van der Waals surface area contributed by atoms with Gasteiger partial charge in [0.1, 0.15) is 11.6 Å². The number of aromatic nitrogens is 4. The molecule has 1 aromatic carbocycles. The monoisotopic (exact) mass is 384 g/mol. The summed E-state index contributed by atoms with van der Waals surface area (Å²) in [6.07, 6.45) is 0.696. The van der Waals surface area contributed by atoms with E-state index < -0.39 is 0 Å². The molecule has 4 rings (SSSR count). The summed E-state index contributed by atoms with van der Waals surface area (Å²) in [6.45, 7) is 3.31. The zero-order valence-corrected chi connectivity index (χ0v) is 15.3. The van der Waals surface area contributed by atoms with Crippen molar-refractivity contribution in [3.8, 4) is 0 Å². The molecule has 0 atom stereocenters. The molecule has 146 valence electrons. The van der Waals surface area contributed by atoms with Gasteiger partial charge in [-0.1, -0.05) is 12.1 Å². The summed E-state index contributed by atoms with van der Waals surface area (Å²) in [4.78, 5) is 14.3. The minimum atomic E-state index is -0.294. The van der Waals surface area contributed by atoms with Gasteiger partial charge in [0.2, 0.25) is 5.91 Å². The van der Waals surface area contributed by atoms with Gasteiger partial charge in [-0.15, -0.1) is 15.3 Å². The highest BCUT2D eigenvalue weighted by atomic mass is 19.1. The van der Waals surface area contributed by atoms with Crippen LogP contribution in [0, 0.1) is 5.82 Å². The highest BCUT2D eigenvalue weighted by Crippen LogP contribution is 2.14. The normalized spacial score (nSPS) is 14.4. The summed E-state index contributed by atoms with van der Waals surface area (Å²) in [5.41, 5.74) is 1.50. The Balaban J connectivity index is 1.37. The molecule has 1 fully saturated rings. The molecule has 2 aromatic heterocycles. The number of nitrogens with one attached hydrogen (secondary N) is 1. The number of fused-ring (bicyclic) bond motifs is 1. The number of rotatable bonds is 6. The molecule has 0 saturated carbocycles. The van der Waals surface area contributed by atoms with Crippen molar-refractivity contribution in [2.45, 2.75) is 19.4 Å². The van der Waals surface area contributed by atoms with E-state index in [4.69, 9.17) is 4.74 Å². The summed E-state index contributed by atoms with van der Waals surface area (Å²) < 4.78 is 20.0. The Morgan fingerprint density at radius 3 is 2.68 bits per heavy atom. The number of anilines is 1. The predicted molar refractivity (Wildman–Crippen MR) is 100 cm³/mol. The number of nitrogens with zero attached hydrogens (tertiary/aromatic N) is 5. The number of amides is 1. The summed E-state index contributed by atoms with van der Waals surface area (Å²) in [7, 11) is 0. The van der Waals surface area contributed by atoms with Gasteiger partial charge < -0.3 is 15.0 Å². The molecule has 0 spiro atoms. The van der Waals surface area contributed by atoms with E-state index in [9.17, 15) is 9.18 Å². The third-order valence-electron chi connectivity index (χ3n) is 4.63. The molecule has 0 unspecified atom stereocenters. The van der Waals surface area contributed by atoms with Gasteiger partial charge in [0, 0.05) is 32.5 Å². The minimum Gasteiger partial charge on any atom is -0.378 e. The number of halogens is 1. The van der Waals surface area contributed by atoms with E-state index in [1.807, 2.05) is 12.1 Å². The highest BCUT2D eigenvalue weighted by Gasteiger charge is 2.15. The van der Waals surface area contributed by atoms with Crippen LogP contribution in [0.3, 0.4) is 0 Å². The van der Waals surface area contributed by atoms with Crippen LogP contribution < -0.4 is 10.2 Å². The van der Waals surface area contributed by atoms with Crippen LogP contribution in [0.4, 0.5) is 10.2 Å². The number of carbonyl (C=O) groups is 1. The fourth-order valence-corrected chi connectivity index (χ4v) is 3.06. The number of aryl methyl sites for hydroxylation is 1. The number of benzene rings is 1. The Morgan fingerprint density at radius 2 is 1.89 bits per heavy atom. The topological polar surface area (TPSA) is 84.7 Å². The number of carbonyl (C=O) groups excluding carboxylic acids is 1. The van der Waals surface area contributed by atoms with Gasteiger partial charge in [-0.3, -0.25) is 4.79 Å². The molecule has 1 aliphatic heterocycles. The van der Waals surface area contributed by atoms with Crippen molar-refractivity contribution >= 4 is 17.4 Å². The summed E-state index contributed by atoms with van der Waals surface area (Å²) in [6, 6.07) is 9.86. The standard InChI is InChI=1S/C19H21FN6O2/c20-15-3-1-14(2-4-15)13-21-19(27)8-7-17-23-22-16-5-6-18(24-26(16)17)25-9-11-28-12-10-25/h1-6H,7-13H2,(H,21,27). The molecule has 3 aromatic rings. The van der Waals surface area contributed by atoms with Crippen molar-refractivity contribution in [2.24, 2.45) is 0 Å². The Bertz CT molecular complexity index is 953. The zero-order chi connectivity index (χ0) is 19.3. The molecule has 8 nitrogen and oxygen atoms in total. The first-order chi connectivity index (χ1) is 13.7. The molecule has 0 radical (unpaired) electrons. The molecular weight excluding hydrogens is 363 g/mol. The Kier molecular flexibility index (Phi) is 5.43. The fourth-order valence-electron chi connectivity index (χ4n) is 3.06. The first-order valence-corrected chi connectivity index (χ1v) is 9.24. The van der Waals surface area contributed by atoms with Crippen molar-refractivity contribution < 1.29 is 13.9 Å². The van der Waals surface area contributed by atoms with Crippen LogP contribution in [-0.2, 0) is 22.5 Å². The third-order valence-corrected chi connectivity index (χ3v) is 4.63. The maximum absolute atomic E-state index is 12.9. The van der Waals surface area contributed by atoms with Crippen LogP contribution in [0.5, 0.6) is 0 Å². The van der Waals surface area contributed by atoms with E-state index in [-0.39, 0.29) is 18.1 Å². The maximum atomic E-state index is 12.9. The molecule has 1 amide bonds. The second-order valence-corrected chi connectivity index (χ2v) is 6.58. The van der Waals surface area contributed by atoms with Gasteiger partial charge in [-0.05, 0) is 29.8 Å². The van der Waals surface area contributed by atoms with Crippen molar-refractivity contribution in [1.82, 2.24) is 25.1 Å². The zero-order valence-electron chi connectivity index (χ0n) is 15.3. The van der Waals surface area contributed by atoms with Gasteiger partial charge in [0.15, 0.2) is 11.5 Å². The smallest absolute Gasteiger partial charge is 0.220 e. The van der Waals surface area contributed by atoms with Gasteiger partial charge in [0.05, 0.1) is 13.2 Å². The average Bonchev–Trinajstić information content (AvgIpc) is 3.15. The van der Waals surface area contributed by atoms with E-state index in [1.54, 1.807) is 16.6 Å². The van der Waals surface area contributed by atoms with E-state index in [0.717, 1.165) is 24.5 Å². The Labute approximate surface area is 161 Å². The fraction of sp³-hybridized carbons (Fsp3) is 0.368. The Morgan fingerprint density at radius 1 is 1.11 bits per heavy atom. The summed E-state index contributed by atoms with van der Waals surface area (Å²) in [5, 5.41) is 15.8. The van der Waals surface area contributed by atoms with E-state index >= 15 is 0 Å². The van der Waals surface area contributed by atoms with Gasteiger partial charge >= 0.3 is 0 Å². The molecule has 1 saturated heterocycles. The Hall–Kier alpha value is -3.07. The molecular formula is C19H21FN6O2. The summed E-state index contributed by atoms with van der Waals surface area (Å²) in [5.74, 6) is 1.09. The highest BCUT2D eigenvalue weighted by molar-refractivity contribution is 5.76. The molecule has 0 aliphatic carbocycles. The lowest BCUT2D eigenvalue weighted by Crippen LogP contribution is -2.37. The molecule has 1 N–H and O–H groups in total. The lowest BCUT2D eigenvalue weighted by molar-refractivity contribution is -0.121. The quantitative estimate of drug-likeness (QED) is 0.691. The minimum absolute atomic E-state index is 0.106. The van der Waals surface area contributed by atoms with E-state index in [0.29, 0.717) is 37.7 Å². The largest absolute Gasteiger partial charge is 0.378 e. The lowest BCUT2D eigenvalue weighted by Gasteiger charge is -2.27. The van der Waals surface area contributed by atoms with Crippen molar-refractivity contribution in [2.75, 3.05) is 31.2 Å². The van der Waals surface area contributed by atoms with Gasteiger partial charge in [-0.2, -0.15) is 4.52 Å². The van der Waals surface area contributed by atoms with Gasteiger partial charge in [0.25, 0.3) is 0 Å². The number of hydrogen-bond donors (Lipinski definition) is 1. The van der Waals surface area contributed by atoms with E-state index in [1.165, 1.54) is 12.1 Å². The molecule has 9 heteroatoms. The number of morpholine rings is 1. The third kappa shape index (κ3) is 4.25.